The Bertz CT molecular complexity index is 571. The van der Waals surface area contributed by atoms with Crippen molar-refractivity contribution in [2.45, 2.75) is 52.7 Å². The second-order valence-electron chi connectivity index (χ2n) is 7.22. The maximum atomic E-state index is 12.1. The van der Waals surface area contributed by atoms with Crippen molar-refractivity contribution in [3.63, 3.8) is 0 Å². The molecule has 128 valence electrons. The number of carbonyl (C=O) groups is 2. The number of nitrogens with zero attached hydrogens (tertiary/aromatic N) is 1. The molecule has 2 amide bonds. The number of ether oxygens (including phenoxy) is 2. The van der Waals surface area contributed by atoms with E-state index in [1.54, 1.807) is 72.9 Å². The summed E-state index contributed by atoms with van der Waals surface area (Å²) in [5.41, 5.74) is -0.00725. The fraction of sp³-hybridized carbons (Fsp3) is 0.529. The molecule has 0 radical (unpaired) electrons. The van der Waals surface area contributed by atoms with Crippen LogP contribution in [0.1, 0.15) is 41.5 Å². The molecule has 1 aromatic rings. The molecule has 0 unspecified atom stereocenters. The minimum Gasteiger partial charge on any atom is -0.444 e. The van der Waals surface area contributed by atoms with Gasteiger partial charge >= 0.3 is 12.2 Å². The highest BCUT2D eigenvalue weighted by atomic mass is 16.6. The number of nitrogens with one attached hydrogen (secondary N) is 1. The third-order valence-electron chi connectivity index (χ3n) is 2.55. The van der Waals surface area contributed by atoms with Crippen molar-refractivity contribution in [1.82, 2.24) is 0 Å². The first-order valence-corrected chi connectivity index (χ1v) is 7.44. The molecular weight excluding hydrogens is 296 g/mol. The first-order chi connectivity index (χ1) is 10.4. The molecule has 6 nitrogen and oxygen atoms in total. The molecule has 0 bridgehead atoms. The Balaban J connectivity index is 2.80. The highest BCUT2D eigenvalue weighted by Gasteiger charge is 2.21. The quantitative estimate of drug-likeness (QED) is 0.876. The third kappa shape index (κ3) is 7.04. The summed E-state index contributed by atoms with van der Waals surface area (Å²) >= 11 is 0. The van der Waals surface area contributed by atoms with Crippen LogP contribution in [0.25, 0.3) is 0 Å². The smallest absolute Gasteiger partial charge is 0.414 e. The molecule has 6 heteroatoms. The first kappa shape index (κ1) is 18.8. The van der Waals surface area contributed by atoms with Crippen LogP contribution in [0.2, 0.25) is 0 Å². The molecule has 0 aliphatic heterocycles. The summed E-state index contributed by atoms with van der Waals surface area (Å²) in [6, 6.07) is 6.89. The fourth-order valence-corrected chi connectivity index (χ4v) is 1.65. The van der Waals surface area contributed by atoms with Gasteiger partial charge in [0, 0.05) is 18.4 Å². The molecule has 0 heterocycles. The van der Waals surface area contributed by atoms with Gasteiger partial charge in [0.05, 0.1) is 0 Å². The molecule has 0 aliphatic rings. The minimum absolute atomic E-state index is 0.466. The Morgan fingerprint density at radius 3 is 2.09 bits per heavy atom. The van der Waals surface area contributed by atoms with Gasteiger partial charge in [-0.25, -0.2) is 9.59 Å². The maximum absolute atomic E-state index is 12.1. The normalized spacial score (nSPS) is 11.6. The molecule has 0 saturated heterocycles. The van der Waals surface area contributed by atoms with Crippen LogP contribution >= 0.6 is 0 Å². The molecule has 0 aromatic heterocycles. The lowest BCUT2D eigenvalue weighted by Crippen LogP contribution is -2.34. The monoisotopic (exact) mass is 322 g/mol. The number of hydrogen-bond acceptors (Lipinski definition) is 4. The summed E-state index contributed by atoms with van der Waals surface area (Å²) in [6.07, 6.45) is -1.01. The summed E-state index contributed by atoms with van der Waals surface area (Å²) in [4.78, 5) is 25.2. The average Bonchev–Trinajstić information content (AvgIpc) is 2.33. The number of benzene rings is 1. The van der Waals surface area contributed by atoms with Gasteiger partial charge in [-0.1, -0.05) is 6.07 Å². The number of rotatable bonds is 2. The predicted molar refractivity (Wildman–Crippen MR) is 90.9 cm³/mol. The van der Waals surface area contributed by atoms with Crippen LogP contribution < -0.4 is 10.2 Å². The second kappa shape index (κ2) is 6.89. The molecule has 0 fully saturated rings. The van der Waals surface area contributed by atoms with Crippen LogP contribution in [0.5, 0.6) is 0 Å². The first-order valence-electron chi connectivity index (χ1n) is 7.44. The Morgan fingerprint density at radius 2 is 1.57 bits per heavy atom. The summed E-state index contributed by atoms with van der Waals surface area (Å²) in [7, 11) is 1.61. The zero-order valence-corrected chi connectivity index (χ0v) is 14.9. The van der Waals surface area contributed by atoms with Crippen LogP contribution in [0.15, 0.2) is 24.3 Å². The SMILES string of the molecule is CN(C(=O)OC(C)(C)C)c1cccc(NC(=O)OC(C)(C)C)c1. The van der Waals surface area contributed by atoms with Gasteiger partial charge in [-0.2, -0.15) is 0 Å². The Labute approximate surface area is 137 Å². The lowest BCUT2D eigenvalue weighted by molar-refractivity contribution is 0.0587. The lowest BCUT2D eigenvalue weighted by Gasteiger charge is -2.25. The van der Waals surface area contributed by atoms with E-state index in [9.17, 15) is 9.59 Å². The molecule has 0 spiro atoms. The van der Waals surface area contributed by atoms with Gasteiger partial charge in [-0.15, -0.1) is 0 Å². The van der Waals surface area contributed by atoms with Gasteiger partial charge in [-0.3, -0.25) is 10.2 Å². The number of anilines is 2. The lowest BCUT2D eigenvalue weighted by atomic mass is 10.2. The van der Waals surface area contributed by atoms with Crippen molar-refractivity contribution in [2.24, 2.45) is 0 Å². The summed E-state index contributed by atoms with van der Waals surface area (Å²) in [5, 5.41) is 2.64. The molecule has 1 rings (SSSR count). The van der Waals surface area contributed by atoms with Crippen LogP contribution in [0.4, 0.5) is 21.0 Å². The highest BCUT2D eigenvalue weighted by Crippen LogP contribution is 2.21. The Morgan fingerprint density at radius 1 is 1.00 bits per heavy atom. The predicted octanol–water partition coefficient (Wildman–Crippen LogP) is 4.40. The zero-order chi connectivity index (χ0) is 17.8. The maximum Gasteiger partial charge on any atom is 0.414 e. The average molecular weight is 322 g/mol. The second-order valence-corrected chi connectivity index (χ2v) is 7.22. The third-order valence-corrected chi connectivity index (χ3v) is 2.55. The summed E-state index contributed by atoms with van der Waals surface area (Å²) in [5.74, 6) is 0. The van der Waals surface area contributed by atoms with Crippen molar-refractivity contribution in [2.75, 3.05) is 17.3 Å². The Kier molecular flexibility index (Phi) is 5.64. The van der Waals surface area contributed by atoms with Crippen molar-refractivity contribution >= 4 is 23.6 Å². The van der Waals surface area contributed by atoms with E-state index in [1.165, 1.54) is 4.90 Å². The van der Waals surface area contributed by atoms with E-state index in [0.29, 0.717) is 11.4 Å². The van der Waals surface area contributed by atoms with Gasteiger partial charge < -0.3 is 9.47 Å². The van der Waals surface area contributed by atoms with E-state index in [1.807, 2.05) is 0 Å². The van der Waals surface area contributed by atoms with Crippen LogP contribution in [0.3, 0.4) is 0 Å². The topological polar surface area (TPSA) is 67.9 Å². The molecular formula is C17H26N2O4. The van der Waals surface area contributed by atoms with Crippen molar-refractivity contribution in [1.29, 1.82) is 0 Å². The molecule has 1 N–H and O–H groups in total. The fourth-order valence-electron chi connectivity index (χ4n) is 1.65. The highest BCUT2D eigenvalue weighted by molar-refractivity contribution is 5.90. The van der Waals surface area contributed by atoms with E-state index in [-0.39, 0.29) is 0 Å². The molecule has 23 heavy (non-hydrogen) atoms. The summed E-state index contributed by atoms with van der Waals surface area (Å²) < 4.78 is 10.5. The standard InChI is InChI=1S/C17H26N2O4/c1-16(2,3)22-14(20)18-12-9-8-10-13(11-12)19(7)15(21)23-17(4,5)6/h8-11H,1-7H3,(H,18,20). The largest absolute Gasteiger partial charge is 0.444 e. The van der Waals surface area contributed by atoms with Crippen LogP contribution in [-0.4, -0.2) is 30.4 Å². The van der Waals surface area contributed by atoms with E-state index < -0.39 is 23.4 Å². The number of carbonyl (C=O) groups excluding carboxylic acids is 2. The number of hydrogen-bond donors (Lipinski definition) is 1. The zero-order valence-electron chi connectivity index (χ0n) is 14.9. The van der Waals surface area contributed by atoms with Crippen LogP contribution in [0, 0.1) is 0 Å². The van der Waals surface area contributed by atoms with Gasteiger partial charge in [0.2, 0.25) is 0 Å². The van der Waals surface area contributed by atoms with Crippen molar-refractivity contribution in [3.05, 3.63) is 24.3 Å². The van der Waals surface area contributed by atoms with Gasteiger partial charge in [0.25, 0.3) is 0 Å². The number of amides is 2. The van der Waals surface area contributed by atoms with E-state index in [4.69, 9.17) is 9.47 Å². The molecule has 0 aliphatic carbocycles. The molecule has 1 aromatic carbocycles. The molecule has 0 atom stereocenters. The Hall–Kier alpha value is -2.24. The summed E-state index contributed by atoms with van der Waals surface area (Å²) in [6.45, 7) is 10.8. The van der Waals surface area contributed by atoms with Crippen molar-refractivity contribution in [3.8, 4) is 0 Å². The van der Waals surface area contributed by atoms with Gasteiger partial charge in [0.15, 0.2) is 0 Å². The van der Waals surface area contributed by atoms with Gasteiger partial charge in [-0.05, 0) is 59.7 Å². The van der Waals surface area contributed by atoms with Crippen molar-refractivity contribution < 1.29 is 19.1 Å². The van der Waals surface area contributed by atoms with Crippen LogP contribution in [-0.2, 0) is 9.47 Å². The molecule has 0 saturated carbocycles. The minimum atomic E-state index is -0.574. The van der Waals surface area contributed by atoms with E-state index in [2.05, 4.69) is 5.32 Å². The van der Waals surface area contributed by atoms with Gasteiger partial charge in [0.1, 0.15) is 11.2 Å². The van der Waals surface area contributed by atoms with E-state index in [0.717, 1.165) is 0 Å². The van der Waals surface area contributed by atoms with E-state index >= 15 is 0 Å².